The van der Waals surface area contributed by atoms with Crippen molar-refractivity contribution in [2.45, 2.75) is 18.6 Å². The molecule has 0 aliphatic heterocycles. The van der Waals surface area contributed by atoms with Crippen LogP contribution in [-0.2, 0) is 4.12 Å². The minimum absolute atomic E-state index is 0.457. The van der Waals surface area contributed by atoms with Crippen LogP contribution >= 0.6 is 0 Å². The van der Waals surface area contributed by atoms with Crippen LogP contribution in [0, 0.1) is 0 Å². The fraction of sp³-hybridized carbons (Fsp3) is 1.00. The van der Waals surface area contributed by atoms with Crippen LogP contribution < -0.4 is 11.5 Å². The summed E-state index contributed by atoms with van der Waals surface area (Å²) in [5.41, 5.74) is 11.1. The van der Waals surface area contributed by atoms with Crippen LogP contribution in [0.1, 0.15) is 13.3 Å². The topological polar surface area (TPSA) is 61.3 Å². The van der Waals surface area contributed by atoms with Crippen LogP contribution in [0.3, 0.4) is 0 Å². The Morgan fingerprint density at radius 3 is 2.38 bits per heavy atom. The van der Waals surface area contributed by atoms with Gasteiger partial charge < -0.3 is 15.6 Å². The Kier molecular flexibility index (Phi) is 3.49. The van der Waals surface area contributed by atoms with Gasteiger partial charge in [0.25, 0.3) is 0 Å². The highest BCUT2D eigenvalue weighted by atomic mass is 28.3. The molecule has 0 aliphatic carbocycles. The van der Waals surface area contributed by atoms with E-state index in [0.717, 1.165) is 16.9 Å². The van der Waals surface area contributed by atoms with Gasteiger partial charge in [-0.1, -0.05) is 6.92 Å². The molecule has 0 aromatic carbocycles. The zero-order chi connectivity index (χ0) is 6.62. The van der Waals surface area contributed by atoms with Gasteiger partial charge >= 0.3 is 0 Å². The minimum atomic E-state index is -0.633. The van der Waals surface area contributed by atoms with E-state index in [9.17, 15) is 0 Å². The summed E-state index contributed by atoms with van der Waals surface area (Å²) in [6.45, 7) is 1.98. The van der Waals surface area contributed by atoms with Crippen molar-refractivity contribution in [1.29, 1.82) is 0 Å². The number of hydrogen-bond donors (Lipinski definition) is 2. The van der Waals surface area contributed by atoms with E-state index < -0.39 is 15.0 Å². The lowest BCUT2D eigenvalue weighted by molar-refractivity contribution is 0.520. The maximum Gasteiger partial charge on any atom is 0.182 e. The highest BCUT2D eigenvalue weighted by molar-refractivity contribution is 6.38. The zero-order valence-electron chi connectivity index (χ0n) is 5.48. The predicted octanol–water partition coefficient (Wildman–Crippen LogP) is -2.65. The third-order valence-corrected chi connectivity index (χ3v) is 3.26. The van der Waals surface area contributed by atoms with Crippen LogP contribution in [0.2, 0.25) is 0 Å². The summed E-state index contributed by atoms with van der Waals surface area (Å²) in [4.78, 5) is 0. The van der Waals surface area contributed by atoms with Crippen LogP contribution in [0.5, 0.6) is 0 Å². The summed E-state index contributed by atoms with van der Waals surface area (Å²) in [7, 11) is 0.143. The summed E-state index contributed by atoms with van der Waals surface area (Å²) in [5.74, 6) is 0. The molecule has 0 heterocycles. The summed E-state index contributed by atoms with van der Waals surface area (Å²) in [5, 5.41) is -0.457. The van der Waals surface area contributed by atoms with Crippen molar-refractivity contribution in [3.63, 3.8) is 0 Å². The second-order valence-corrected chi connectivity index (χ2v) is 5.93. The first kappa shape index (κ1) is 8.31. The third-order valence-electron chi connectivity index (χ3n) is 1.07. The second-order valence-electron chi connectivity index (χ2n) is 2.02. The molecule has 0 atom stereocenters. The number of nitrogens with two attached hydrogens (primary N) is 2. The molecule has 0 aromatic heterocycles. The Hall–Kier alpha value is 0.314. The molecule has 3 nitrogen and oxygen atoms in total. The molecule has 4 N–H and O–H groups in total. The van der Waals surface area contributed by atoms with Crippen LogP contribution in [0.4, 0.5) is 0 Å². The molecule has 0 saturated heterocycles. The highest BCUT2D eigenvalue weighted by Gasteiger charge is 2.15. The van der Waals surface area contributed by atoms with Crippen molar-refractivity contribution >= 4 is 20.2 Å². The summed E-state index contributed by atoms with van der Waals surface area (Å²) >= 11 is 0. The second kappa shape index (κ2) is 3.36. The van der Waals surface area contributed by atoms with Gasteiger partial charge in [0.15, 0.2) is 9.76 Å². The van der Waals surface area contributed by atoms with Gasteiger partial charge in [-0.3, -0.25) is 0 Å². The van der Waals surface area contributed by atoms with Gasteiger partial charge in [0, 0.05) is 0 Å². The summed E-state index contributed by atoms with van der Waals surface area (Å²) in [6.07, 6.45) is 0.821. The van der Waals surface area contributed by atoms with Gasteiger partial charge in [-0.25, -0.2) is 0 Å². The van der Waals surface area contributed by atoms with Crippen molar-refractivity contribution in [2.75, 3.05) is 0 Å². The van der Waals surface area contributed by atoms with E-state index in [0.29, 0.717) is 0 Å². The lowest BCUT2D eigenvalue weighted by Gasteiger charge is -2.20. The monoisotopic (exact) mass is 150 g/mol. The normalized spacial score (nSPS) is 13.9. The average Bonchev–Trinajstić information content (AvgIpc) is 1.67. The highest BCUT2D eigenvalue weighted by Crippen LogP contribution is 1.92. The summed E-state index contributed by atoms with van der Waals surface area (Å²) in [6, 6.07) is 0. The molecule has 0 fully saturated rings. The standard InChI is InChI=1S/C3H14N2OSi2/c1-2-3(4,5)8-6-7/h2,4-5,8H2,1,7H3. The molecule has 0 bridgehead atoms. The Labute approximate surface area is 55.3 Å². The van der Waals surface area contributed by atoms with E-state index in [2.05, 4.69) is 0 Å². The fourth-order valence-corrected chi connectivity index (χ4v) is 2.72. The van der Waals surface area contributed by atoms with E-state index in [1.54, 1.807) is 0 Å². The summed E-state index contributed by atoms with van der Waals surface area (Å²) < 4.78 is 5.03. The van der Waals surface area contributed by atoms with Gasteiger partial charge in [0.05, 0.1) is 5.29 Å². The van der Waals surface area contributed by atoms with Crippen molar-refractivity contribution in [1.82, 2.24) is 0 Å². The van der Waals surface area contributed by atoms with E-state index in [1.807, 2.05) is 6.92 Å². The van der Waals surface area contributed by atoms with Gasteiger partial charge in [-0.15, -0.1) is 0 Å². The first-order valence-electron chi connectivity index (χ1n) is 2.69. The molecule has 0 spiro atoms. The van der Waals surface area contributed by atoms with E-state index in [4.69, 9.17) is 15.6 Å². The lowest BCUT2D eigenvalue weighted by atomic mass is 10.4. The van der Waals surface area contributed by atoms with Crippen molar-refractivity contribution in [3.8, 4) is 0 Å². The predicted molar refractivity (Wildman–Crippen MR) is 41.0 cm³/mol. The first-order chi connectivity index (χ1) is 3.62. The van der Waals surface area contributed by atoms with E-state index >= 15 is 0 Å². The molecule has 8 heavy (non-hydrogen) atoms. The number of hydrogen-bond acceptors (Lipinski definition) is 3. The molecule has 5 heteroatoms. The minimum Gasteiger partial charge on any atom is -0.466 e. The SMILES string of the molecule is CCC(N)(N)[SiH2]O[SiH3]. The lowest BCUT2D eigenvalue weighted by Crippen LogP contribution is -2.54. The molecule has 0 amide bonds. The van der Waals surface area contributed by atoms with Crippen molar-refractivity contribution in [2.24, 2.45) is 11.5 Å². The Balaban J connectivity index is 3.37. The Morgan fingerprint density at radius 1 is 1.75 bits per heavy atom. The molecule has 0 aromatic rings. The smallest absolute Gasteiger partial charge is 0.182 e. The van der Waals surface area contributed by atoms with Crippen molar-refractivity contribution < 1.29 is 4.12 Å². The van der Waals surface area contributed by atoms with Gasteiger partial charge in [0.1, 0.15) is 10.5 Å². The Morgan fingerprint density at radius 2 is 2.25 bits per heavy atom. The molecule has 0 aliphatic rings. The Bertz CT molecular complexity index is 68.3. The molecule has 0 radical (unpaired) electrons. The molecule has 0 unspecified atom stereocenters. The quantitative estimate of drug-likeness (QED) is 0.341. The van der Waals surface area contributed by atoms with Gasteiger partial charge in [0.2, 0.25) is 0 Å². The largest absolute Gasteiger partial charge is 0.466 e. The third kappa shape index (κ3) is 3.33. The molecular formula is C3H14N2OSi2. The maximum absolute atomic E-state index is 5.56. The molecule has 0 rings (SSSR count). The van der Waals surface area contributed by atoms with Gasteiger partial charge in [-0.05, 0) is 6.42 Å². The van der Waals surface area contributed by atoms with Crippen LogP contribution in [0.25, 0.3) is 0 Å². The molecular weight excluding hydrogens is 136 g/mol. The molecule has 50 valence electrons. The molecule has 0 saturated carbocycles. The van der Waals surface area contributed by atoms with E-state index in [1.165, 1.54) is 0 Å². The number of rotatable bonds is 3. The van der Waals surface area contributed by atoms with Crippen molar-refractivity contribution in [3.05, 3.63) is 0 Å². The van der Waals surface area contributed by atoms with Crippen LogP contribution in [0.15, 0.2) is 0 Å². The van der Waals surface area contributed by atoms with Gasteiger partial charge in [-0.2, -0.15) is 0 Å². The zero-order valence-corrected chi connectivity index (χ0v) is 8.89. The fourth-order valence-electron chi connectivity index (χ4n) is 0.371. The first-order valence-corrected chi connectivity index (χ1v) is 4.79. The average molecular weight is 150 g/mol. The van der Waals surface area contributed by atoms with Crippen LogP contribution in [-0.4, -0.2) is 25.5 Å². The maximum atomic E-state index is 5.56. The van der Waals surface area contributed by atoms with E-state index in [-0.39, 0.29) is 0 Å².